The fourth-order valence-electron chi connectivity index (χ4n) is 3.25. The van der Waals surface area contributed by atoms with Gasteiger partial charge in [-0.05, 0) is 31.0 Å². The number of carbonyl (C=O) groups excluding carboxylic acids is 2. The fourth-order valence-corrected chi connectivity index (χ4v) is 4.32. The van der Waals surface area contributed by atoms with Crippen molar-refractivity contribution < 1.29 is 18.7 Å². The van der Waals surface area contributed by atoms with Crippen LogP contribution in [-0.2, 0) is 16.1 Å². The Morgan fingerprint density at radius 2 is 2.11 bits per heavy atom. The summed E-state index contributed by atoms with van der Waals surface area (Å²) >= 11 is 1.39. The van der Waals surface area contributed by atoms with Gasteiger partial charge in [-0.15, -0.1) is 11.3 Å². The van der Waals surface area contributed by atoms with Crippen molar-refractivity contribution in [3.05, 3.63) is 57.5 Å². The molecule has 0 spiro atoms. The molecule has 1 unspecified atom stereocenters. The molecule has 1 aliphatic heterocycles. The zero-order chi connectivity index (χ0) is 19.2. The normalized spacial score (nSPS) is 16.5. The van der Waals surface area contributed by atoms with Gasteiger partial charge in [-0.2, -0.15) is 0 Å². The van der Waals surface area contributed by atoms with E-state index in [0.29, 0.717) is 23.5 Å². The van der Waals surface area contributed by atoms with E-state index in [-0.39, 0.29) is 30.2 Å². The minimum Gasteiger partial charge on any atom is -0.384 e. The monoisotopic (exact) mass is 390 g/mol. The Hall–Kier alpha value is -2.25. The molecule has 144 valence electrons. The third-order valence-electron chi connectivity index (χ3n) is 4.67. The van der Waals surface area contributed by atoms with E-state index in [1.54, 1.807) is 31.4 Å². The number of methoxy groups -OCH3 is 1. The predicted octanol–water partition coefficient (Wildman–Crippen LogP) is 3.52. The lowest BCUT2D eigenvalue weighted by Crippen LogP contribution is -2.30. The number of hydrogen-bond donors (Lipinski definition) is 1. The molecule has 0 saturated carbocycles. The van der Waals surface area contributed by atoms with Gasteiger partial charge in [-0.25, -0.2) is 4.39 Å². The summed E-state index contributed by atoms with van der Waals surface area (Å²) in [7, 11) is 1.58. The summed E-state index contributed by atoms with van der Waals surface area (Å²) in [5, 5.41) is 2.76. The van der Waals surface area contributed by atoms with E-state index in [9.17, 15) is 14.0 Å². The summed E-state index contributed by atoms with van der Waals surface area (Å²) in [5.74, 6) is -0.482. The SMILES string of the molecule is COCCC(=O)N1CCCC1c1ccc(C(=O)NCc2ccccc2F)s1. The summed E-state index contributed by atoms with van der Waals surface area (Å²) in [6.45, 7) is 1.29. The summed E-state index contributed by atoms with van der Waals surface area (Å²) in [6.07, 6.45) is 2.22. The number of nitrogens with zero attached hydrogens (tertiary/aromatic N) is 1. The van der Waals surface area contributed by atoms with Crippen molar-refractivity contribution in [3.63, 3.8) is 0 Å². The van der Waals surface area contributed by atoms with Gasteiger partial charge in [0.25, 0.3) is 5.91 Å². The maximum absolute atomic E-state index is 13.7. The average Bonchev–Trinajstić information content (AvgIpc) is 3.34. The quantitative estimate of drug-likeness (QED) is 0.787. The van der Waals surface area contributed by atoms with Crippen molar-refractivity contribution in [2.75, 3.05) is 20.3 Å². The molecule has 0 aliphatic carbocycles. The molecular formula is C20H23FN2O3S. The molecule has 7 heteroatoms. The Kier molecular flexibility index (Phi) is 6.58. The van der Waals surface area contributed by atoms with Crippen LogP contribution >= 0.6 is 11.3 Å². The number of rotatable bonds is 7. The topological polar surface area (TPSA) is 58.6 Å². The van der Waals surface area contributed by atoms with Crippen LogP contribution in [0.4, 0.5) is 4.39 Å². The van der Waals surface area contributed by atoms with Gasteiger partial charge in [-0.1, -0.05) is 18.2 Å². The average molecular weight is 390 g/mol. The number of amides is 2. The van der Waals surface area contributed by atoms with E-state index in [1.807, 2.05) is 11.0 Å². The van der Waals surface area contributed by atoms with Crippen LogP contribution in [0.25, 0.3) is 0 Å². The molecule has 27 heavy (non-hydrogen) atoms. The molecule has 1 aromatic heterocycles. The molecule has 0 radical (unpaired) electrons. The fraction of sp³-hybridized carbons (Fsp3) is 0.400. The summed E-state index contributed by atoms with van der Waals surface area (Å²) in [6, 6.07) is 10.1. The minimum atomic E-state index is -0.333. The first kappa shape index (κ1) is 19.5. The van der Waals surface area contributed by atoms with Gasteiger partial charge in [0.05, 0.1) is 23.9 Å². The van der Waals surface area contributed by atoms with Crippen molar-refractivity contribution in [1.29, 1.82) is 0 Å². The lowest BCUT2D eigenvalue weighted by Gasteiger charge is -2.23. The number of likely N-dealkylation sites (tertiary alicyclic amines) is 1. The highest BCUT2D eigenvalue weighted by Gasteiger charge is 2.31. The Morgan fingerprint density at radius 3 is 2.89 bits per heavy atom. The minimum absolute atomic E-state index is 0.0208. The Balaban J connectivity index is 1.62. The summed E-state index contributed by atoms with van der Waals surface area (Å²) in [4.78, 5) is 28.2. The number of benzene rings is 1. The van der Waals surface area contributed by atoms with E-state index in [4.69, 9.17) is 4.74 Å². The molecule has 3 rings (SSSR count). The largest absolute Gasteiger partial charge is 0.384 e. The number of ether oxygens (including phenoxy) is 1. The van der Waals surface area contributed by atoms with Crippen LogP contribution in [0.1, 0.15) is 45.4 Å². The molecular weight excluding hydrogens is 367 g/mol. The Labute approximate surface area is 162 Å². The number of halogens is 1. The molecule has 2 amide bonds. The number of hydrogen-bond acceptors (Lipinski definition) is 4. The molecule has 2 aromatic rings. The third kappa shape index (κ3) is 4.73. The van der Waals surface area contributed by atoms with E-state index < -0.39 is 0 Å². The van der Waals surface area contributed by atoms with Gasteiger partial charge >= 0.3 is 0 Å². The van der Waals surface area contributed by atoms with Crippen molar-refractivity contribution in [1.82, 2.24) is 10.2 Å². The van der Waals surface area contributed by atoms with Crippen LogP contribution in [0.15, 0.2) is 36.4 Å². The molecule has 0 bridgehead atoms. The lowest BCUT2D eigenvalue weighted by atomic mass is 10.2. The molecule has 1 saturated heterocycles. The first-order valence-corrected chi connectivity index (χ1v) is 9.81. The highest BCUT2D eigenvalue weighted by Crippen LogP contribution is 2.36. The molecule has 1 fully saturated rings. The second-order valence-corrected chi connectivity index (χ2v) is 7.58. The zero-order valence-electron chi connectivity index (χ0n) is 15.2. The van der Waals surface area contributed by atoms with Crippen LogP contribution in [0.3, 0.4) is 0 Å². The molecule has 1 aromatic carbocycles. The maximum Gasteiger partial charge on any atom is 0.261 e. The number of nitrogens with one attached hydrogen (secondary N) is 1. The van der Waals surface area contributed by atoms with Crippen LogP contribution in [0.2, 0.25) is 0 Å². The smallest absolute Gasteiger partial charge is 0.261 e. The first-order chi connectivity index (χ1) is 13.1. The third-order valence-corrected chi connectivity index (χ3v) is 5.85. The Morgan fingerprint density at radius 1 is 1.30 bits per heavy atom. The van der Waals surface area contributed by atoms with E-state index >= 15 is 0 Å². The molecule has 1 aliphatic rings. The summed E-state index contributed by atoms with van der Waals surface area (Å²) < 4.78 is 18.7. The van der Waals surface area contributed by atoms with Crippen molar-refractivity contribution >= 4 is 23.2 Å². The van der Waals surface area contributed by atoms with Crippen LogP contribution < -0.4 is 5.32 Å². The van der Waals surface area contributed by atoms with E-state index in [2.05, 4.69) is 5.32 Å². The standard InChI is InChI=1S/C20H23FN2O3S/c1-26-12-10-19(24)23-11-4-7-16(23)17-8-9-18(27-17)20(25)22-13-14-5-2-3-6-15(14)21/h2-3,5-6,8-9,16H,4,7,10-13H2,1H3,(H,22,25). The Bertz CT molecular complexity index is 808. The number of thiophene rings is 1. The zero-order valence-corrected chi connectivity index (χ0v) is 16.1. The van der Waals surface area contributed by atoms with Crippen LogP contribution in [-0.4, -0.2) is 37.0 Å². The maximum atomic E-state index is 13.7. The molecule has 1 atom stereocenters. The van der Waals surface area contributed by atoms with E-state index in [1.165, 1.54) is 17.4 Å². The van der Waals surface area contributed by atoms with Gasteiger partial charge in [-0.3, -0.25) is 9.59 Å². The molecule has 5 nitrogen and oxygen atoms in total. The van der Waals surface area contributed by atoms with Gasteiger partial charge in [0.15, 0.2) is 0 Å². The van der Waals surface area contributed by atoms with Gasteiger partial charge in [0.1, 0.15) is 5.82 Å². The molecule has 1 N–H and O–H groups in total. The van der Waals surface area contributed by atoms with Gasteiger partial charge in [0, 0.05) is 30.6 Å². The predicted molar refractivity (Wildman–Crippen MR) is 102 cm³/mol. The molecule has 2 heterocycles. The van der Waals surface area contributed by atoms with Gasteiger partial charge < -0.3 is 15.0 Å². The van der Waals surface area contributed by atoms with E-state index in [0.717, 1.165) is 24.3 Å². The van der Waals surface area contributed by atoms with Crippen molar-refractivity contribution in [2.45, 2.75) is 31.8 Å². The second-order valence-electron chi connectivity index (χ2n) is 6.46. The van der Waals surface area contributed by atoms with Crippen molar-refractivity contribution in [3.8, 4) is 0 Å². The lowest BCUT2D eigenvalue weighted by molar-refractivity contribution is -0.133. The second kappa shape index (κ2) is 9.10. The van der Waals surface area contributed by atoms with Crippen molar-refractivity contribution in [2.24, 2.45) is 0 Å². The van der Waals surface area contributed by atoms with Crippen LogP contribution in [0, 0.1) is 5.82 Å². The first-order valence-electron chi connectivity index (χ1n) is 9.00. The number of carbonyl (C=O) groups is 2. The summed E-state index contributed by atoms with van der Waals surface area (Å²) in [5.41, 5.74) is 0.452. The highest BCUT2D eigenvalue weighted by atomic mass is 32.1. The van der Waals surface area contributed by atoms with Crippen LogP contribution in [0.5, 0.6) is 0 Å². The highest BCUT2D eigenvalue weighted by molar-refractivity contribution is 7.14. The van der Waals surface area contributed by atoms with Gasteiger partial charge in [0.2, 0.25) is 5.91 Å².